The van der Waals surface area contributed by atoms with Crippen molar-refractivity contribution in [1.29, 1.82) is 0 Å². The first-order valence-corrected chi connectivity index (χ1v) is 13.1. The molecule has 2 heterocycles. The van der Waals surface area contributed by atoms with Crippen molar-refractivity contribution in [3.8, 4) is 0 Å². The number of rotatable bonds is 5. The van der Waals surface area contributed by atoms with E-state index >= 15 is 0 Å². The van der Waals surface area contributed by atoms with Gasteiger partial charge in [0.25, 0.3) is 0 Å². The van der Waals surface area contributed by atoms with Gasteiger partial charge in [0, 0.05) is 0 Å². The van der Waals surface area contributed by atoms with Gasteiger partial charge in [-0.25, -0.2) is 0 Å². The quantitative estimate of drug-likeness (QED) is 0.376. The molecule has 0 saturated heterocycles. The predicted octanol–water partition coefficient (Wildman–Crippen LogP) is 3.45. The Hall–Kier alpha value is -2.73. The van der Waals surface area contributed by atoms with Crippen molar-refractivity contribution in [3.05, 3.63) is 82.1 Å². The van der Waals surface area contributed by atoms with Crippen molar-refractivity contribution in [2.24, 2.45) is 5.92 Å². The Morgan fingerprint density at radius 1 is 1.09 bits per heavy atom. The summed E-state index contributed by atoms with van der Waals surface area (Å²) < 4.78 is 9.44. The van der Waals surface area contributed by atoms with Crippen LogP contribution in [0.3, 0.4) is 0 Å². The Bertz CT molecular complexity index is 1280. The van der Waals surface area contributed by atoms with E-state index in [0.29, 0.717) is 35.4 Å². The molecule has 0 spiro atoms. The molecule has 1 atom stereocenters. The SMILES string of the molecule is CC1(C)OC2=C(CC1Cn1cc(C[Se]c3ccc(Cl)cc3)nn1)C(=O)C(=O)c1ccccc12. The summed E-state index contributed by atoms with van der Waals surface area (Å²) in [7, 11) is 0. The average Bonchev–Trinajstić information content (AvgIpc) is 3.25. The van der Waals surface area contributed by atoms with Crippen LogP contribution in [0.5, 0.6) is 0 Å². The summed E-state index contributed by atoms with van der Waals surface area (Å²) in [4.78, 5) is 25.5. The van der Waals surface area contributed by atoms with Crippen LogP contribution in [-0.2, 0) is 21.4 Å². The summed E-state index contributed by atoms with van der Waals surface area (Å²) in [6, 6.07) is 15.0. The second-order valence-corrected chi connectivity index (χ2v) is 11.4. The number of allylic oxidation sites excluding steroid dienone is 1. The molecule has 0 fully saturated rings. The Balaban J connectivity index is 1.33. The van der Waals surface area contributed by atoms with E-state index in [4.69, 9.17) is 16.3 Å². The van der Waals surface area contributed by atoms with Crippen LogP contribution in [-0.4, -0.2) is 47.1 Å². The number of ketones is 2. The fourth-order valence-electron chi connectivity index (χ4n) is 4.24. The molecule has 0 saturated carbocycles. The van der Waals surface area contributed by atoms with Gasteiger partial charge in [0.2, 0.25) is 0 Å². The molecule has 0 radical (unpaired) electrons. The van der Waals surface area contributed by atoms with Crippen molar-refractivity contribution in [3.63, 3.8) is 0 Å². The average molecular weight is 527 g/mol. The molecule has 2 aliphatic rings. The Morgan fingerprint density at radius 3 is 2.58 bits per heavy atom. The summed E-state index contributed by atoms with van der Waals surface area (Å²) >= 11 is 6.20. The number of Topliss-reactive ketones (excluding diaryl/α,β-unsaturated/α-hetero) is 2. The predicted molar refractivity (Wildman–Crippen MR) is 127 cm³/mol. The molecular weight excluding hydrogens is 505 g/mol. The molecule has 5 rings (SSSR count). The number of benzene rings is 2. The maximum absolute atomic E-state index is 12.8. The number of carbonyl (C=O) groups excluding carboxylic acids is 2. The van der Waals surface area contributed by atoms with E-state index in [1.165, 1.54) is 4.46 Å². The van der Waals surface area contributed by atoms with Crippen LogP contribution in [0.4, 0.5) is 0 Å². The molecule has 6 nitrogen and oxygen atoms in total. The van der Waals surface area contributed by atoms with Gasteiger partial charge in [-0.1, -0.05) is 6.07 Å². The minimum atomic E-state index is -0.536. The Labute approximate surface area is 203 Å². The third-order valence-electron chi connectivity index (χ3n) is 6.16. The molecule has 1 aliphatic carbocycles. The minimum absolute atomic E-state index is 0.0328. The number of ether oxygens (including phenoxy) is 1. The van der Waals surface area contributed by atoms with E-state index in [1.807, 2.05) is 61.1 Å². The second-order valence-electron chi connectivity index (χ2n) is 8.79. The normalized spacial score (nSPS) is 19.2. The van der Waals surface area contributed by atoms with Crippen molar-refractivity contribution in [2.75, 3.05) is 0 Å². The van der Waals surface area contributed by atoms with E-state index in [1.54, 1.807) is 12.1 Å². The van der Waals surface area contributed by atoms with E-state index in [9.17, 15) is 9.59 Å². The molecule has 8 heteroatoms. The van der Waals surface area contributed by atoms with Gasteiger partial charge in [-0.05, 0) is 0 Å². The molecule has 0 amide bonds. The van der Waals surface area contributed by atoms with Crippen LogP contribution < -0.4 is 4.46 Å². The number of nitrogens with zero attached hydrogens (tertiary/aromatic N) is 3. The maximum atomic E-state index is 12.8. The van der Waals surface area contributed by atoms with Crippen LogP contribution in [0.2, 0.25) is 5.02 Å². The summed E-state index contributed by atoms with van der Waals surface area (Å²) in [5.41, 5.74) is 1.98. The van der Waals surface area contributed by atoms with Crippen molar-refractivity contribution < 1.29 is 14.3 Å². The van der Waals surface area contributed by atoms with Crippen molar-refractivity contribution >= 4 is 48.3 Å². The monoisotopic (exact) mass is 527 g/mol. The molecule has 1 aromatic heterocycles. The van der Waals surface area contributed by atoms with Crippen LogP contribution in [0.15, 0.2) is 60.3 Å². The third kappa shape index (κ3) is 4.29. The fraction of sp³-hybridized carbons (Fsp3) is 0.280. The zero-order chi connectivity index (χ0) is 23.2. The standard InChI is InChI=1S/C25H22ClN3O3Se/c1-25(2)15(11-21-23(31)22(30)19-5-3-4-6-20(19)24(21)32-25)12-29-13-17(27-28-29)14-33-18-9-7-16(26)8-10-18/h3-10,13,15H,11-12,14H2,1-2H3. The first-order chi connectivity index (χ1) is 15.8. The molecule has 2 aromatic carbocycles. The Kier molecular flexibility index (Phi) is 5.73. The number of aromatic nitrogens is 3. The van der Waals surface area contributed by atoms with E-state index in [-0.39, 0.29) is 20.9 Å². The summed E-state index contributed by atoms with van der Waals surface area (Å²) in [6.07, 6.45) is 2.42. The summed E-state index contributed by atoms with van der Waals surface area (Å²) in [6.45, 7) is 4.59. The summed E-state index contributed by atoms with van der Waals surface area (Å²) in [5, 5.41) is 10.2. The van der Waals surface area contributed by atoms with Crippen molar-refractivity contribution in [1.82, 2.24) is 15.0 Å². The van der Waals surface area contributed by atoms with Crippen LogP contribution in [0.25, 0.3) is 5.76 Å². The van der Waals surface area contributed by atoms with Crippen LogP contribution >= 0.6 is 11.6 Å². The topological polar surface area (TPSA) is 74.1 Å². The first-order valence-electron chi connectivity index (χ1n) is 10.7. The van der Waals surface area contributed by atoms with Gasteiger partial charge in [-0.2, -0.15) is 0 Å². The van der Waals surface area contributed by atoms with Gasteiger partial charge in [0.1, 0.15) is 0 Å². The summed E-state index contributed by atoms with van der Waals surface area (Å²) in [5.74, 6) is -0.413. The first kappa shape index (κ1) is 22.1. The molecule has 168 valence electrons. The zero-order valence-electron chi connectivity index (χ0n) is 18.2. The van der Waals surface area contributed by atoms with Crippen LogP contribution in [0.1, 0.15) is 41.9 Å². The van der Waals surface area contributed by atoms with Gasteiger partial charge in [-0.15, -0.1) is 0 Å². The molecular formula is C25H22ClN3O3Se. The van der Waals surface area contributed by atoms with Gasteiger partial charge in [-0.3, -0.25) is 0 Å². The van der Waals surface area contributed by atoms with E-state index in [2.05, 4.69) is 10.3 Å². The third-order valence-corrected chi connectivity index (χ3v) is 8.61. The van der Waals surface area contributed by atoms with Gasteiger partial charge >= 0.3 is 197 Å². The van der Waals surface area contributed by atoms with E-state index < -0.39 is 17.2 Å². The van der Waals surface area contributed by atoms with Gasteiger partial charge in [0.15, 0.2) is 0 Å². The second kappa shape index (κ2) is 8.56. The fourth-order valence-corrected chi connectivity index (χ4v) is 5.99. The van der Waals surface area contributed by atoms with E-state index in [0.717, 1.165) is 16.0 Å². The molecule has 3 aromatic rings. The number of hydrogen-bond acceptors (Lipinski definition) is 5. The van der Waals surface area contributed by atoms with Crippen molar-refractivity contribution in [2.45, 2.75) is 37.7 Å². The number of carbonyl (C=O) groups is 2. The number of hydrogen-bond donors (Lipinski definition) is 0. The molecule has 0 bridgehead atoms. The number of fused-ring (bicyclic) bond motifs is 2. The number of halogens is 1. The Morgan fingerprint density at radius 2 is 1.82 bits per heavy atom. The zero-order valence-corrected chi connectivity index (χ0v) is 20.7. The molecule has 33 heavy (non-hydrogen) atoms. The molecule has 0 N–H and O–H groups in total. The van der Waals surface area contributed by atoms with Crippen LogP contribution in [0, 0.1) is 5.92 Å². The van der Waals surface area contributed by atoms with Gasteiger partial charge < -0.3 is 0 Å². The van der Waals surface area contributed by atoms with Gasteiger partial charge in [0.05, 0.1) is 0 Å². The molecule has 1 aliphatic heterocycles. The molecule has 1 unspecified atom stereocenters.